The lowest BCUT2D eigenvalue weighted by atomic mass is 10.1. The van der Waals surface area contributed by atoms with Gasteiger partial charge in [-0.25, -0.2) is 4.21 Å². The molecule has 0 atom stereocenters. The van der Waals surface area contributed by atoms with Crippen LogP contribution in [-0.2, 0) is 15.6 Å². The molecule has 0 radical (unpaired) electrons. The number of amides is 1. The van der Waals surface area contributed by atoms with Crippen molar-refractivity contribution in [2.45, 2.75) is 9.79 Å². The lowest BCUT2D eigenvalue weighted by molar-refractivity contribution is -0.119. The Labute approximate surface area is 170 Å². The van der Waals surface area contributed by atoms with E-state index in [4.69, 9.17) is 4.74 Å². The average molecular weight is 399 g/mol. The van der Waals surface area contributed by atoms with Gasteiger partial charge in [0.25, 0.3) is 5.91 Å². The quantitative estimate of drug-likeness (QED) is 0.484. The summed E-state index contributed by atoms with van der Waals surface area (Å²) in [5, 5.41) is 2.18. The van der Waals surface area contributed by atoms with Crippen molar-refractivity contribution in [1.82, 2.24) is 0 Å². The minimum atomic E-state index is -1.32. The number of hydrogen-bond donors (Lipinski definition) is 0. The van der Waals surface area contributed by atoms with E-state index >= 15 is 0 Å². The van der Waals surface area contributed by atoms with E-state index in [-0.39, 0.29) is 12.5 Å². The van der Waals surface area contributed by atoms with E-state index in [0.717, 1.165) is 10.8 Å². The van der Waals surface area contributed by atoms with Crippen LogP contribution in [0.15, 0.2) is 101 Å². The maximum absolute atomic E-state index is 13.2. The van der Waals surface area contributed by atoms with Gasteiger partial charge in [0, 0.05) is 0 Å². The van der Waals surface area contributed by atoms with Crippen LogP contribution in [0.25, 0.3) is 10.8 Å². The molecule has 1 amide bonds. The summed E-state index contributed by atoms with van der Waals surface area (Å²) in [5.41, 5.74) is 1.27. The van der Waals surface area contributed by atoms with Gasteiger partial charge in [0.1, 0.15) is 5.75 Å². The molecule has 1 heterocycles. The van der Waals surface area contributed by atoms with Crippen molar-refractivity contribution < 1.29 is 13.7 Å². The fourth-order valence-electron chi connectivity index (χ4n) is 3.58. The summed E-state index contributed by atoms with van der Waals surface area (Å²) in [6.07, 6.45) is 0. The molecule has 0 bridgehead atoms. The number of nitrogens with zero attached hydrogens (tertiary/aromatic N) is 1. The highest BCUT2D eigenvalue weighted by Gasteiger charge is 2.31. The van der Waals surface area contributed by atoms with E-state index in [1.807, 2.05) is 78.9 Å². The number of rotatable bonds is 3. The summed E-state index contributed by atoms with van der Waals surface area (Å²) in [6.45, 7) is -0.117. The summed E-state index contributed by atoms with van der Waals surface area (Å²) < 4.78 is 18.7. The molecule has 142 valence electrons. The largest absolute Gasteiger partial charge is 0.484 e. The Morgan fingerprint density at radius 1 is 0.759 bits per heavy atom. The first-order valence-corrected chi connectivity index (χ1v) is 10.4. The molecular formula is C24H17NO3S. The molecule has 0 saturated heterocycles. The third kappa shape index (κ3) is 3.09. The summed E-state index contributed by atoms with van der Waals surface area (Å²) >= 11 is 0. The first-order chi connectivity index (χ1) is 14.2. The third-order valence-electron chi connectivity index (χ3n) is 4.94. The number of para-hydroxylation sites is 2. The van der Waals surface area contributed by atoms with Crippen LogP contribution in [-0.4, -0.2) is 16.7 Å². The van der Waals surface area contributed by atoms with Crippen LogP contribution in [0.2, 0.25) is 0 Å². The van der Waals surface area contributed by atoms with Crippen LogP contribution in [0.4, 0.5) is 11.4 Å². The Hall–Kier alpha value is -3.44. The smallest absolute Gasteiger partial charge is 0.269 e. The maximum atomic E-state index is 13.2. The van der Waals surface area contributed by atoms with Crippen LogP contribution in [0.1, 0.15) is 0 Å². The summed E-state index contributed by atoms with van der Waals surface area (Å²) in [7, 11) is -1.32. The average Bonchev–Trinajstić information content (AvgIpc) is 2.78. The molecule has 0 saturated carbocycles. The van der Waals surface area contributed by atoms with E-state index in [1.54, 1.807) is 17.0 Å². The summed E-state index contributed by atoms with van der Waals surface area (Å²) in [5.74, 6) is 0.425. The van der Waals surface area contributed by atoms with E-state index < -0.39 is 10.8 Å². The number of anilines is 2. The van der Waals surface area contributed by atoms with Crippen LogP contribution < -0.4 is 9.64 Å². The molecule has 0 aromatic heterocycles. The number of ether oxygens (including phenoxy) is 1. The Morgan fingerprint density at radius 2 is 1.34 bits per heavy atom. The Morgan fingerprint density at radius 3 is 2.03 bits per heavy atom. The topological polar surface area (TPSA) is 46.6 Å². The second-order valence-corrected chi connectivity index (χ2v) is 8.15. The SMILES string of the molecule is O=C(COc1ccc2ccccc2c1)N1c2ccccc2S(=O)c2ccccc21. The zero-order valence-electron chi connectivity index (χ0n) is 15.4. The van der Waals surface area contributed by atoms with Gasteiger partial charge in [-0.2, -0.15) is 0 Å². The van der Waals surface area contributed by atoms with Gasteiger partial charge in [0.05, 0.1) is 32.0 Å². The van der Waals surface area contributed by atoms with E-state index in [9.17, 15) is 9.00 Å². The Bertz CT molecular complexity index is 1220. The van der Waals surface area contributed by atoms with Crippen LogP contribution in [0.5, 0.6) is 5.75 Å². The lowest BCUT2D eigenvalue weighted by Gasteiger charge is -2.30. The third-order valence-corrected chi connectivity index (χ3v) is 6.43. The maximum Gasteiger partial charge on any atom is 0.269 e. The van der Waals surface area contributed by atoms with Crippen molar-refractivity contribution >= 4 is 38.9 Å². The Balaban J connectivity index is 1.46. The second-order valence-electron chi connectivity index (χ2n) is 6.73. The normalized spacial score (nSPS) is 13.0. The van der Waals surface area contributed by atoms with E-state index in [2.05, 4.69) is 0 Å². The zero-order chi connectivity index (χ0) is 19.8. The zero-order valence-corrected chi connectivity index (χ0v) is 16.3. The summed E-state index contributed by atoms with van der Waals surface area (Å²) in [6, 6.07) is 28.3. The minimum absolute atomic E-state index is 0.117. The Kier molecular flexibility index (Phi) is 4.37. The van der Waals surface area contributed by atoms with Crippen molar-refractivity contribution in [1.29, 1.82) is 0 Å². The molecular weight excluding hydrogens is 382 g/mol. The first kappa shape index (κ1) is 17.6. The highest BCUT2D eigenvalue weighted by Crippen LogP contribution is 2.41. The predicted molar refractivity (Wildman–Crippen MR) is 114 cm³/mol. The van der Waals surface area contributed by atoms with Gasteiger partial charge in [0.2, 0.25) is 0 Å². The fourth-order valence-corrected chi connectivity index (χ4v) is 4.92. The molecule has 1 aliphatic rings. The lowest BCUT2D eigenvalue weighted by Crippen LogP contribution is -2.34. The van der Waals surface area contributed by atoms with Gasteiger partial charge in [0.15, 0.2) is 6.61 Å². The van der Waals surface area contributed by atoms with Crippen molar-refractivity contribution in [3.8, 4) is 5.75 Å². The van der Waals surface area contributed by atoms with Gasteiger partial charge in [-0.3, -0.25) is 9.69 Å². The molecule has 0 unspecified atom stereocenters. The van der Waals surface area contributed by atoms with Gasteiger partial charge in [-0.05, 0) is 47.2 Å². The molecule has 0 fully saturated rings. The molecule has 29 heavy (non-hydrogen) atoms. The van der Waals surface area contributed by atoms with Crippen LogP contribution in [0.3, 0.4) is 0 Å². The van der Waals surface area contributed by atoms with Gasteiger partial charge in [-0.15, -0.1) is 0 Å². The highest BCUT2D eigenvalue weighted by molar-refractivity contribution is 7.85. The molecule has 1 aliphatic heterocycles. The monoisotopic (exact) mass is 399 g/mol. The number of fused-ring (bicyclic) bond motifs is 3. The number of benzene rings is 4. The van der Waals surface area contributed by atoms with Crippen LogP contribution in [0, 0.1) is 0 Å². The van der Waals surface area contributed by atoms with Crippen molar-refractivity contribution in [2.75, 3.05) is 11.5 Å². The summed E-state index contributed by atoms with van der Waals surface area (Å²) in [4.78, 5) is 16.0. The second kappa shape index (κ2) is 7.18. The molecule has 0 N–H and O–H groups in total. The number of carbonyl (C=O) groups excluding carboxylic acids is 1. The molecule has 0 spiro atoms. The van der Waals surface area contributed by atoms with Crippen molar-refractivity contribution in [3.63, 3.8) is 0 Å². The minimum Gasteiger partial charge on any atom is -0.484 e. The van der Waals surface area contributed by atoms with E-state index in [0.29, 0.717) is 26.9 Å². The number of hydrogen-bond acceptors (Lipinski definition) is 3. The first-order valence-electron chi connectivity index (χ1n) is 9.27. The standard InChI is InChI=1S/C24H17NO3S/c26-24(16-28-19-14-13-17-7-1-2-8-18(17)15-19)25-20-9-3-5-11-22(20)29(27)23-12-6-4-10-21(23)25/h1-15H,16H2. The predicted octanol–water partition coefficient (Wildman–Crippen LogP) is 5.06. The molecule has 5 heteroatoms. The van der Waals surface area contributed by atoms with Gasteiger partial charge >= 0.3 is 0 Å². The molecule has 5 rings (SSSR count). The molecule has 4 aromatic rings. The van der Waals surface area contributed by atoms with Crippen LogP contribution >= 0.6 is 0 Å². The number of carbonyl (C=O) groups is 1. The highest BCUT2D eigenvalue weighted by atomic mass is 32.2. The molecule has 0 aliphatic carbocycles. The van der Waals surface area contributed by atoms with Crippen molar-refractivity contribution in [3.05, 3.63) is 91.0 Å². The van der Waals surface area contributed by atoms with Crippen molar-refractivity contribution in [2.24, 2.45) is 0 Å². The molecule has 4 aromatic carbocycles. The van der Waals surface area contributed by atoms with E-state index in [1.165, 1.54) is 0 Å². The molecule has 4 nitrogen and oxygen atoms in total. The van der Waals surface area contributed by atoms with Gasteiger partial charge in [-0.1, -0.05) is 54.6 Å². The van der Waals surface area contributed by atoms with Gasteiger partial charge < -0.3 is 4.74 Å². The fraction of sp³-hybridized carbons (Fsp3) is 0.0417.